The van der Waals surface area contributed by atoms with E-state index in [1.54, 1.807) is 0 Å². The van der Waals surface area contributed by atoms with Crippen LogP contribution in [0.1, 0.15) is 25.8 Å². The van der Waals surface area contributed by atoms with Crippen molar-refractivity contribution in [3.8, 4) is 0 Å². The van der Waals surface area contributed by atoms with E-state index in [1.807, 2.05) is 0 Å². The molecule has 2 aliphatic heterocycles. The quantitative estimate of drug-likeness (QED) is 0.903. The van der Waals surface area contributed by atoms with Gasteiger partial charge in [-0.1, -0.05) is 12.1 Å². The number of hydrogen-bond donors (Lipinski definition) is 1. The molecule has 1 N–H and O–H groups in total. The van der Waals surface area contributed by atoms with Crippen molar-refractivity contribution in [2.75, 3.05) is 50.7 Å². The molecule has 2 heterocycles. The maximum Gasteiger partial charge on any atom is 0.224 e. The second-order valence-corrected chi connectivity index (χ2v) is 7.49. The summed E-state index contributed by atoms with van der Waals surface area (Å²) in [4.78, 5) is 19.5. The Morgan fingerprint density at radius 3 is 2.64 bits per heavy atom. The van der Waals surface area contributed by atoms with Crippen LogP contribution in [-0.2, 0) is 4.79 Å². The van der Waals surface area contributed by atoms with Crippen LogP contribution in [0.2, 0.25) is 0 Å². The van der Waals surface area contributed by atoms with Crippen LogP contribution >= 0.6 is 0 Å². The zero-order valence-corrected chi connectivity index (χ0v) is 15.9. The fraction of sp³-hybridized carbons (Fsp3) is 0.650. The first-order valence-corrected chi connectivity index (χ1v) is 9.61. The second-order valence-electron chi connectivity index (χ2n) is 7.49. The molecule has 0 saturated carbocycles. The molecule has 2 unspecified atom stereocenters. The molecular weight excluding hydrogens is 312 g/mol. The lowest BCUT2D eigenvalue weighted by Gasteiger charge is -2.39. The number of carbonyl (C=O) groups is 1. The van der Waals surface area contributed by atoms with Crippen LogP contribution in [0.15, 0.2) is 24.3 Å². The molecule has 138 valence electrons. The van der Waals surface area contributed by atoms with Crippen molar-refractivity contribution in [2.45, 2.75) is 39.3 Å². The van der Waals surface area contributed by atoms with E-state index in [0.717, 1.165) is 45.8 Å². The highest BCUT2D eigenvalue weighted by Crippen LogP contribution is 2.18. The number of amides is 1. The SMILES string of the molecule is Cc1cccc(N2CCN(CCC(=O)N3CCNC(C)C3C)CC2)c1. The summed E-state index contributed by atoms with van der Waals surface area (Å²) < 4.78 is 0. The van der Waals surface area contributed by atoms with Gasteiger partial charge in [0.25, 0.3) is 0 Å². The van der Waals surface area contributed by atoms with Crippen LogP contribution < -0.4 is 10.2 Å². The third kappa shape index (κ3) is 4.53. The second kappa shape index (κ2) is 8.19. The number of nitrogens with zero attached hydrogens (tertiary/aromatic N) is 3. The Morgan fingerprint density at radius 2 is 1.92 bits per heavy atom. The number of anilines is 1. The summed E-state index contributed by atoms with van der Waals surface area (Å²) in [5, 5.41) is 3.44. The fourth-order valence-corrected chi connectivity index (χ4v) is 3.86. The first kappa shape index (κ1) is 18.2. The van der Waals surface area contributed by atoms with Crippen molar-refractivity contribution in [2.24, 2.45) is 0 Å². The first-order chi connectivity index (χ1) is 12.0. The van der Waals surface area contributed by atoms with Gasteiger partial charge in [-0.3, -0.25) is 9.69 Å². The van der Waals surface area contributed by atoms with Gasteiger partial charge in [0, 0.05) is 70.0 Å². The summed E-state index contributed by atoms with van der Waals surface area (Å²) in [6.45, 7) is 13.2. The van der Waals surface area contributed by atoms with Crippen molar-refractivity contribution in [1.82, 2.24) is 15.1 Å². The molecule has 0 spiro atoms. The summed E-state index contributed by atoms with van der Waals surface area (Å²) >= 11 is 0. The number of hydrogen-bond acceptors (Lipinski definition) is 4. The van der Waals surface area contributed by atoms with Crippen LogP contribution in [-0.4, -0.2) is 73.6 Å². The normalized spacial score (nSPS) is 25.2. The van der Waals surface area contributed by atoms with Crippen LogP contribution in [0, 0.1) is 6.92 Å². The molecule has 5 heteroatoms. The van der Waals surface area contributed by atoms with E-state index in [1.165, 1.54) is 11.3 Å². The summed E-state index contributed by atoms with van der Waals surface area (Å²) in [5.41, 5.74) is 2.63. The average molecular weight is 345 g/mol. The Kier molecular flexibility index (Phi) is 5.97. The molecule has 2 aliphatic rings. The van der Waals surface area contributed by atoms with E-state index < -0.39 is 0 Å². The Hall–Kier alpha value is -1.59. The van der Waals surface area contributed by atoms with Gasteiger partial charge in [-0.2, -0.15) is 0 Å². The number of rotatable bonds is 4. The standard InChI is InChI=1S/C20H32N4O/c1-16-5-4-6-19(15-16)23-13-11-22(12-14-23)9-7-20(25)24-10-8-21-17(2)18(24)3/h4-6,15,17-18,21H,7-14H2,1-3H3. The van der Waals surface area contributed by atoms with Gasteiger partial charge in [-0.05, 0) is 38.5 Å². The molecule has 0 aromatic heterocycles. The monoisotopic (exact) mass is 344 g/mol. The van der Waals surface area contributed by atoms with Crippen LogP contribution in [0.4, 0.5) is 5.69 Å². The van der Waals surface area contributed by atoms with Crippen molar-refractivity contribution >= 4 is 11.6 Å². The Morgan fingerprint density at radius 1 is 1.16 bits per heavy atom. The van der Waals surface area contributed by atoms with Crippen LogP contribution in [0.5, 0.6) is 0 Å². The Balaban J connectivity index is 1.44. The van der Waals surface area contributed by atoms with Gasteiger partial charge >= 0.3 is 0 Å². The molecule has 1 aromatic carbocycles. The summed E-state index contributed by atoms with van der Waals surface area (Å²) in [5.74, 6) is 0.307. The molecule has 2 saturated heterocycles. The highest BCUT2D eigenvalue weighted by atomic mass is 16.2. The van der Waals surface area contributed by atoms with Crippen LogP contribution in [0.3, 0.4) is 0 Å². The fourth-order valence-electron chi connectivity index (χ4n) is 3.86. The van der Waals surface area contributed by atoms with Gasteiger partial charge in [0.1, 0.15) is 0 Å². The lowest BCUT2D eigenvalue weighted by atomic mass is 10.1. The number of aryl methyl sites for hydroxylation is 1. The van der Waals surface area contributed by atoms with E-state index in [0.29, 0.717) is 24.4 Å². The molecule has 1 aromatic rings. The summed E-state index contributed by atoms with van der Waals surface area (Å²) in [6.07, 6.45) is 0.640. The maximum atomic E-state index is 12.6. The largest absolute Gasteiger partial charge is 0.369 e. The van der Waals surface area contributed by atoms with Crippen molar-refractivity contribution in [3.05, 3.63) is 29.8 Å². The molecule has 2 fully saturated rings. The smallest absolute Gasteiger partial charge is 0.224 e. The molecular formula is C20H32N4O. The zero-order valence-electron chi connectivity index (χ0n) is 15.9. The van der Waals surface area contributed by atoms with Gasteiger partial charge < -0.3 is 15.1 Å². The predicted octanol–water partition coefficient (Wildman–Crippen LogP) is 1.72. The van der Waals surface area contributed by atoms with E-state index in [9.17, 15) is 4.79 Å². The lowest BCUT2D eigenvalue weighted by Crippen LogP contribution is -2.57. The van der Waals surface area contributed by atoms with Gasteiger partial charge in [0.05, 0.1) is 0 Å². The van der Waals surface area contributed by atoms with Crippen molar-refractivity contribution in [1.29, 1.82) is 0 Å². The van der Waals surface area contributed by atoms with Crippen molar-refractivity contribution < 1.29 is 4.79 Å². The molecule has 0 bridgehead atoms. The van der Waals surface area contributed by atoms with E-state index in [4.69, 9.17) is 0 Å². The van der Waals surface area contributed by atoms with Crippen LogP contribution in [0.25, 0.3) is 0 Å². The van der Waals surface area contributed by atoms with Gasteiger partial charge in [-0.15, -0.1) is 0 Å². The minimum absolute atomic E-state index is 0.291. The van der Waals surface area contributed by atoms with E-state index >= 15 is 0 Å². The Labute approximate surface area is 152 Å². The number of benzene rings is 1. The summed E-state index contributed by atoms with van der Waals surface area (Å²) in [6, 6.07) is 9.40. The van der Waals surface area contributed by atoms with Gasteiger partial charge in [-0.25, -0.2) is 0 Å². The summed E-state index contributed by atoms with van der Waals surface area (Å²) in [7, 11) is 0. The highest BCUT2D eigenvalue weighted by Gasteiger charge is 2.28. The minimum atomic E-state index is 0.291. The minimum Gasteiger partial charge on any atom is -0.369 e. The lowest BCUT2D eigenvalue weighted by molar-refractivity contribution is -0.135. The maximum absolute atomic E-state index is 12.6. The Bertz CT molecular complexity index is 583. The number of carbonyl (C=O) groups excluding carboxylic acids is 1. The van der Waals surface area contributed by atoms with Crippen molar-refractivity contribution in [3.63, 3.8) is 0 Å². The number of nitrogens with one attached hydrogen (secondary N) is 1. The molecule has 25 heavy (non-hydrogen) atoms. The van der Waals surface area contributed by atoms with Gasteiger partial charge in [0.15, 0.2) is 0 Å². The first-order valence-electron chi connectivity index (χ1n) is 9.61. The molecule has 5 nitrogen and oxygen atoms in total. The third-order valence-electron chi connectivity index (χ3n) is 5.74. The molecule has 0 aliphatic carbocycles. The molecule has 0 radical (unpaired) electrons. The zero-order chi connectivity index (χ0) is 17.8. The third-order valence-corrected chi connectivity index (χ3v) is 5.74. The van der Waals surface area contributed by atoms with Gasteiger partial charge in [0.2, 0.25) is 5.91 Å². The van der Waals surface area contributed by atoms with E-state index in [2.05, 4.69) is 65.1 Å². The topological polar surface area (TPSA) is 38.8 Å². The molecule has 1 amide bonds. The molecule has 2 atom stereocenters. The number of piperazine rings is 2. The predicted molar refractivity (Wildman–Crippen MR) is 103 cm³/mol. The van der Waals surface area contributed by atoms with E-state index in [-0.39, 0.29) is 0 Å². The molecule has 3 rings (SSSR count). The average Bonchev–Trinajstić information content (AvgIpc) is 2.62. The highest BCUT2D eigenvalue weighted by molar-refractivity contribution is 5.77.